The van der Waals surface area contributed by atoms with Crippen LogP contribution in [0.25, 0.3) is 0 Å². The molecule has 0 aliphatic carbocycles. The van der Waals surface area contributed by atoms with Gasteiger partial charge in [-0.1, -0.05) is 13.8 Å². The van der Waals surface area contributed by atoms with Gasteiger partial charge in [0.05, 0.1) is 0 Å². The lowest BCUT2D eigenvalue weighted by atomic mass is 10.3. The molecule has 0 saturated carbocycles. The zero-order valence-electron chi connectivity index (χ0n) is 8.62. The summed E-state index contributed by atoms with van der Waals surface area (Å²) in [6.07, 6.45) is 1.98. The fraction of sp³-hybridized carbons (Fsp3) is 1.00. The minimum atomic E-state index is -0.692. The second-order valence-corrected chi connectivity index (χ2v) is 6.04. The molecule has 0 aromatic rings. The number of rotatable bonds is 8. The fourth-order valence-electron chi connectivity index (χ4n) is 0.906. The van der Waals surface area contributed by atoms with Gasteiger partial charge >= 0.3 is 0 Å². The van der Waals surface area contributed by atoms with Gasteiger partial charge in [-0.15, -0.1) is 0 Å². The van der Waals surface area contributed by atoms with E-state index in [1.807, 2.05) is 18.7 Å². The third-order valence-corrected chi connectivity index (χ3v) is 4.32. The summed E-state index contributed by atoms with van der Waals surface area (Å²) in [5, 5.41) is 0. The molecule has 0 aliphatic heterocycles. The molecule has 80 valence electrons. The number of nitrogens with two attached hydrogens (primary N) is 1. The van der Waals surface area contributed by atoms with Crippen LogP contribution in [0.15, 0.2) is 0 Å². The minimum absolute atomic E-state index is 0.125. The third kappa shape index (κ3) is 8.78. The summed E-state index contributed by atoms with van der Waals surface area (Å²) in [7, 11) is -0.692. The molecule has 2 N–H and O–H groups in total. The summed E-state index contributed by atoms with van der Waals surface area (Å²) in [5.74, 6) is 3.78. The molecule has 2 unspecified atom stereocenters. The van der Waals surface area contributed by atoms with Crippen LogP contribution < -0.4 is 5.73 Å². The van der Waals surface area contributed by atoms with Gasteiger partial charge in [0.25, 0.3) is 0 Å². The van der Waals surface area contributed by atoms with Crippen LogP contribution in [0.1, 0.15) is 26.7 Å². The van der Waals surface area contributed by atoms with E-state index in [9.17, 15) is 4.21 Å². The van der Waals surface area contributed by atoms with Crippen molar-refractivity contribution in [2.75, 3.05) is 23.0 Å². The van der Waals surface area contributed by atoms with Gasteiger partial charge in [-0.3, -0.25) is 4.21 Å². The van der Waals surface area contributed by atoms with Crippen molar-refractivity contribution in [2.45, 2.75) is 32.7 Å². The predicted molar refractivity (Wildman–Crippen MR) is 63.8 cm³/mol. The van der Waals surface area contributed by atoms with E-state index in [2.05, 4.69) is 6.92 Å². The Bertz CT molecular complexity index is 142. The lowest BCUT2D eigenvalue weighted by molar-refractivity contribution is 0.662. The van der Waals surface area contributed by atoms with Crippen molar-refractivity contribution in [3.05, 3.63) is 0 Å². The molecule has 0 aliphatic rings. The molecule has 0 fully saturated rings. The lowest BCUT2D eigenvalue weighted by Crippen LogP contribution is -2.27. The van der Waals surface area contributed by atoms with Gasteiger partial charge in [0.2, 0.25) is 0 Å². The molecule has 0 rings (SSSR count). The molecule has 0 saturated heterocycles. The Hall–Kier alpha value is 0.460. The van der Waals surface area contributed by atoms with Gasteiger partial charge in [-0.25, -0.2) is 0 Å². The standard InChI is InChI=1S/C9H21NOS2/c1-3-9(10)8-13(11)7-5-6-12-4-2/h9H,3-8,10H2,1-2H3. The van der Waals surface area contributed by atoms with Crippen LogP contribution in [0.2, 0.25) is 0 Å². The summed E-state index contributed by atoms with van der Waals surface area (Å²) >= 11 is 1.91. The highest BCUT2D eigenvalue weighted by Gasteiger charge is 2.05. The van der Waals surface area contributed by atoms with Crippen molar-refractivity contribution in [2.24, 2.45) is 5.73 Å². The lowest BCUT2D eigenvalue weighted by Gasteiger charge is -2.07. The van der Waals surface area contributed by atoms with Crippen LogP contribution >= 0.6 is 11.8 Å². The Labute approximate surface area is 88.5 Å². The first-order valence-corrected chi connectivity index (χ1v) is 7.53. The highest BCUT2D eigenvalue weighted by atomic mass is 32.2. The number of thioether (sulfide) groups is 1. The van der Waals surface area contributed by atoms with Crippen LogP contribution in [-0.2, 0) is 10.8 Å². The smallest absolute Gasteiger partial charge is 0.0386 e. The first kappa shape index (κ1) is 13.5. The van der Waals surface area contributed by atoms with E-state index in [0.717, 1.165) is 30.1 Å². The maximum Gasteiger partial charge on any atom is 0.0386 e. The second kappa shape index (κ2) is 9.03. The molecule has 2 atom stereocenters. The fourth-order valence-corrected chi connectivity index (χ4v) is 3.07. The van der Waals surface area contributed by atoms with Gasteiger partial charge in [-0.05, 0) is 24.3 Å². The molecule has 0 amide bonds. The van der Waals surface area contributed by atoms with Crippen LogP contribution in [0, 0.1) is 0 Å². The molecule has 4 heteroatoms. The van der Waals surface area contributed by atoms with E-state index in [1.165, 1.54) is 0 Å². The van der Waals surface area contributed by atoms with E-state index < -0.39 is 10.8 Å². The minimum Gasteiger partial charge on any atom is -0.327 e. The second-order valence-electron chi connectivity index (χ2n) is 3.03. The van der Waals surface area contributed by atoms with E-state index in [4.69, 9.17) is 5.73 Å². The van der Waals surface area contributed by atoms with Gasteiger partial charge in [0.15, 0.2) is 0 Å². The number of hydrogen-bond donors (Lipinski definition) is 1. The van der Waals surface area contributed by atoms with Crippen molar-refractivity contribution >= 4 is 22.6 Å². The topological polar surface area (TPSA) is 43.1 Å². The Morgan fingerprint density at radius 3 is 2.69 bits per heavy atom. The highest BCUT2D eigenvalue weighted by Crippen LogP contribution is 2.02. The molecule has 0 bridgehead atoms. The van der Waals surface area contributed by atoms with Crippen LogP contribution in [0.3, 0.4) is 0 Å². The first-order valence-electron chi connectivity index (χ1n) is 4.89. The van der Waals surface area contributed by atoms with Crippen molar-refractivity contribution < 1.29 is 4.21 Å². The van der Waals surface area contributed by atoms with E-state index in [1.54, 1.807) is 0 Å². The molecule has 13 heavy (non-hydrogen) atoms. The van der Waals surface area contributed by atoms with Crippen molar-refractivity contribution in [3.8, 4) is 0 Å². The Balaban J connectivity index is 3.30. The predicted octanol–water partition coefficient (Wildman–Crippen LogP) is 1.62. The molecule has 2 nitrogen and oxygen atoms in total. The SMILES string of the molecule is CCSCCCS(=O)CC(N)CC. The first-order chi connectivity index (χ1) is 6.20. The normalized spacial score (nSPS) is 15.6. The molecular formula is C9H21NOS2. The molecule has 0 spiro atoms. The summed E-state index contributed by atoms with van der Waals surface area (Å²) in [6, 6.07) is 0.125. The van der Waals surface area contributed by atoms with Crippen molar-refractivity contribution in [3.63, 3.8) is 0 Å². The Morgan fingerprint density at radius 2 is 2.15 bits per heavy atom. The Kier molecular flexibility index (Phi) is 9.35. The summed E-state index contributed by atoms with van der Waals surface area (Å²) in [4.78, 5) is 0. The van der Waals surface area contributed by atoms with Crippen LogP contribution in [-0.4, -0.2) is 33.3 Å². The maximum absolute atomic E-state index is 11.4. The van der Waals surface area contributed by atoms with Crippen LogP contribution in [0.4, 0.5) is 0 Å². The van der Waals surface area contributed by atoms with Gasteiger partial charge in [-0.2, -0.15) is 11.8 Å². The molecule has 0 aromatic heterocycles. The molecule has 0 aromatic carbocycles. The zero-order chi connectivity index (χ0) is 10.1. The molecule has 0 radical (unpaired) electrons. The summed E-state index contributed by atoms with van der Waals surface area (Å²) < 4.78 is 11.4. The van der Waals surface area contributed by atoms with E-state index in [0.29, 0.717) is 5.75 Å². The van der Waals surface area contributed by atoms with E-state index >= 15 is 0 Å². The average molecular weight is 223 g/mol. The van der Waals surface area contributed by atoms with Crippen molar-refractivity contribution in [1.29, 1.82) is 0 Å². The molecular weight excluding hydrogens is 202 g/mol. The summed E-state index contributed by atoms with van der Waals surface area (Å²) in [5.41, 5.74) is 5.71. The van der Waals surface area contributed by atoms with Gasteiger partial charge in [0, 0.05) is 28.3 Å². The van der Waals surface area contributed by atoms with E-state index in [-0.39, 0.29) is 6.04 Å². The third-order valence-electron chi connectivity index (χ3n) is 1.79. The van der Waals surface area contributed by atoms with Crippen molar-refractivity contribution in [1.82, 2.24) is 0 Å². The van der Waals surface area contributed by atoms with Gasteiger partial charge in [0.1, 0.15) is 0 Å². The monoisotopic (exact) mass is 223 g/mol. The van der Waals surface area contributed by atoms with Crippen LogP contribution in [0.5, 0.6) is 0 Å². The Morgan fingerprint density at radius 1 is 1.46 bits per heavy atom. The largest absolute Gasteiger partial charge is 0.327 e. The maximum atomic E-state index is 11.4. The highest BCUT2D eigenvalue weighted by molar-refractivity contribution is 7.99. The molecule has 0 heterocycles. The van der Waals surface area contributed by atoms with Gasteiger partial charge < -0.3 is 5.73 Å². The summed E-state index contributed by atoms with van der Waals surface area (Å²) in [6.45, 7) is 4.18. The number of hydrogen-bond acceptors (Lipinski definition) is 3. The zero-order valence-corrected chi connectivity index (χ0v) is 10.3. The average Bonchev–Trinajstić information content (AvgIpc) is 2.12. The quantitative estimate of drug-likeness (QED) is 0.636.